The van der Waals surface area contributed by atoms with E-state index < -0.39 is 15.9 Å². The second kappa shape index (κ2) is 10.2. The van der Waals surface area contributed by atoms with Crippen LogP contribution in [0.25, 0.3) is 0 Å². The van der Waals surface area contributed by atoms with Crippen LogP contribution in [0.1, 0.15) is 57.6 Å². The van der Waals surface area contributed by atoms with Crippen molar-refractivity contribution in [2.24, 2.45) is 5.41 Å². The predicted molar refractivity (Wildman–Crippen MR) is 142 cm³/mol. The molecule has 0 aliphatic rings. The number of nitrogens with zero attached hydrogens (tertiary/aromatic N) is 2. The third-order valence-corrected chi connectivity index (χ3v) is 8.01. The fourth-order valence-corrected chi connectivity index (χ4v) is 6.23. The van der Waals surface area contributed by atoms with Crippen LogP contribution >= 0.6 is 22.9 Å². The number of amides is 2. The van der Waals surface area contributed by atoms with Crippen molar-refractivity contribution in [3.05, 3.63) is 55.9 Å². The number of anilines is 2. The van der Waals surface area contributed by atoms with Crippen molar-refractivity contribution in [1.82, 2.24) is 10.1 Å². The van der Waals surface area contributed by atoms with Crippen LogP contribution < -0.4 is 10.0 Å². The quantitative estimate of drug-likeness (QED) is 0.400. The normalized spacial score (nSPS) is 11.9. The third kappa shape index (κ3) is 6.08. The molecule has 0 radical (unpaired) electrons. The molecule has 0 fully saturated rings. The summed E-state index contributed by atoms with van der Waals surface area (Å²) in [6.07, 6.45) is 0. The molecule has 0 saturated carbocycles. The molecule has 2 aromatic heterocycles. The van der Waals surface area contributed by atoms with Crippen molar-refractivity contribution in [3.8, 4) is 0 Å². The van der Waals surface area contributed by atoms with Gasteiger partial charge in [-0.1, -0.05) is 43.6 Å². The van der Waals surface area contributed by atoms with Gasteiger partial charge in [-0.05, 0) is 54.8 Å². The first-order valence-electron chi connectivity index (χ1n) is 11.0. The molecule has 2 N–H and O–H groups in total. The molecule has 12 heteroatoms. The van der Waals surface area contributed by atoms with Crippen LogP contribution in [-0.2, 0) is 10.0 Å². The van der Waals surface area contributed by atoms with Gasteiger partial charge in [-0.2, -0.15) is 0 Å². The van der Waals surface area contributed by atoms with Crippen molar-refractivity contribution in [3.63, 3.8) is 0 Å². The van der Waals surface area contributed by atoms with Crippen molar-refractivity contribution < 1.29 is 22.5 Å². The lowest BCUT2D eigenvalue weighted by atomic mass is 9.95. The predicted octanol–water partition coefficient (Wildman–Crippen LogP) is 5.49. The SMILES string of the molecule is Cc1cc(C)c(NC(=O)c2sccc2S(=O)(=O)Nc2onc(C)c2Cl)c(C(=O)N(C)CC(C)(C)C)c1. The lowest BCUT2D eigenvalue weighted by Crippen LogP contribution is -2.35. The van der Waals surface area contributed by atoms with Crippen LogP contribution in [0.5, 0.6) is 0 Å². The molecule has 0 aliphatic carbocycles. The van der Waals surface area contributed by atoms with Gasteiger partial charge in [0.1, 0.15) is 20.5 Å². The van der Waals surface area contributed by atoms with Crippen molar-refractivity contribution in [1.29, 1.82) is 0 Å². The Hall–Kier alpha value is -2.89. The number of aryl methyl sites for hydroxylation is 3. The minimum absolute atomic E-state index is 0.0256. The average Bonchev–Trinajstić information content (AvgIpc) is 3.37. The van der Waals surface area contributed by atoms with E-state index in [1.165, 1.54) is 11.4 Å². The summed E-state index contributed by atoms with van der Waals surface area (Å²) in [6.45, 7) is 11.8. The smallest absolute Gasteiger partial charge is 0.267 e. The first kappa shape index (κ1) is 27.7. The molecular formula is C24H29ClN4O5S2. The Morgan fingerprint density at radius 3 is 2.44 bits per heavy atom. The highest BCUT2D eigenvalue weighted by atomic mass is 35.5. The number of benzene rings is 1. The Labute approximate surface area is 219 Å². The van der Waals surface area contributed by atoms with Crippen molar-refractivity contribution >= 4 is 56.3 Å². The highest BCUT2D eigenvalue weighted by Crippen LogP contribution is 2.31. The molecule has 0 unspecified atom stereocenters. The molecule has 0 saturated heterocycles. The lowest BCUT2D eigenvalue weighted by molar-refractivity contribution is 0.0746. The Balaban J connectivity index is 1.94. The van der Waals surface area contributed by atoms with E-state index in [2.05, 4.69) is 15.2 Å². The maximum Gasteiger partial charge on any atom is 0.267 e. The maximum absolute atomic E-state index is 13.3. The molecule has 3 rings (SSSR count). The summed E-state index contributed by atoms with van der Waals surface area (Å²) < 4.78 is 33.2. The van der Waals surface area contributed by atoms with Gasteiger partial charge in [0, 0.05) is 13.6 Å². The molecule has 9 nitrogen and oxygen atoms in total. The van der Waals surface area contributed by atoms with Crippen LogP contribution in [0.4, 0.5) is 11.6 Å². The highest BCUT2D eigenvalue weighted by Gasteiger charge is 2.29. The zero-order valence-electron chi connectivity index (χ0n) is 21.1. The summed E-state index contributed by atoms with van der Waals surface area (Å²) in [7, 11) is -2.51. The summed E-state index contributed by atoms with van der Waals surface area (Å²) in [5.74, 6) is -1.15. The number of aromatic nitrogens is 1. The van der Waals surface area contributed by atoms with E-state index in [1.54, 1.807) is 31.9 Å². The van der Waals surface area contributed by atoms with E-state index in [-0.39, 0.29) is 32.0 Å². The Morgan fingerprint density at radius 2 is 1.86 bits per heavy atom. The number of rotatable bonds is 7. The summed E-state index contributed by atoms with van der Waals surface area (Å²) in [5.41, 5.74) is 2.40. The van der Waals surface area contributed by atoms with Gasteiger partial charge < -0.3 is 14.7 Å². The van der Waals surface area contributed by atoms with E-state index in [1.807, 2.05) is 33.8 Å². The standard InChI is InChI=1S/C24H29ClN4O5S2/c1-13-10-14(2)19(16(11-13)23(31)29(7)12-24(4,5)6)26-21(30)20-17(8-9-35-20)36(32,33)28-22-18(25)15(3)27-34-22/h8-11,28H,12H2,1-7H3,(H,26,30). The van der Waals surface area contributed by atoms with Gasteiger partial charge in [0.25, 0.3) is 27.7 Å². The van der Waals surface area contributed by atoms with Crippen LogP contribution in [0.15, 0.2) is 33.0 Å². The van der Waals surface area contributed by atoms with Gasteiger partial charge in [-0.3, -0.25) is 9.59 Å². The van der Waals surface area contributed by atoms with Crippen LogP contribution in [-0.4, -0.2) is 43.9 Å². The number of hydrogen-bond acceptors (Lipinski definition) is 7. The van der Waals surface area contributed by atoms with E-state index in [0.29, 0.717) is 29.1 Å². The van der Waals surface area contributed by atoms with E-state index in [0.717, 1.165) is 16.9 Å². The number of hydrogen-bond donors (Lipinski definition) is 2. The fraction of sp³-hybridized carbons (Fsp3) is 0.375. The molecule has 2 amide bonds. The molecule has 1 aromatic carbocycles. The number of carbonyl (C=O) groups is 2. The number of thiophene rings is 1. The Kier molecular flexibility index (Phi) is 7.87. The second-order valence-electron chi connectivity index (χ2n) is 9.81. The molecule has 36 heavy (non-hydrogen) atoms. The topological polar surface area (TPSA) is 122 Å². The monoisotopic (exact) mass is 552 g/mol. The van der Waals surface area contributed by atoms with Gasteiger partial charge in [-0.15, -0.1) is 11.3 Å². The first-order valence-corrected chi connectivity index (χ1v) is 13.7. The highest BCUT2D eigenvalue weighted by molar-refractivity contribution is 7.93. The third-order valence-electron chi connectivity index (χ3n) is 5.15. The summed E-state index contributed by atoms with van der Waals surface area (Å²) in [5, 5.41) is 7.91. The molecule has 0 atom stereocenters. The van der Waals surface area contributed by atoms with Gasteiger partial charge in [0.15, 0.2) is 0 Å². The van der Waals surface area contributed by atoms with E-state index in [9.17, 15) is 18.0 Å². The summed E-state index contributed by atoms with van der Waals surface area (Å²) in [6, 6.07) is 4.87. The number of halogens is 1. The molecule has 0 spiro atoms. The van der Waals surface area contributed by atoms with Crippen molar-refractivity contribution in [2.75, 3.05) is 23.6 Å². The second-order valence-corrected chi connectivity index (χ2v) is 12.8. The molecule has 194 valence electrons. The first-order chi connectivity index (χ1) is 16.6. The molecule has 2 heterocycles. The van der Waals surface area contributed by atoms with Gasteiger partial charge in [-0.25, -0.2) is 13.1 Å². The molecular weight excluding hydrogens is 524 g/mol. The molecule has 0 aliphatic heterocycles. The van der Waals surface area contributed by atoms with Crippen molar-refractivity contribution in [2.45, 2.75) is 46.4 Å². The summed E-state index contributed by atoms with van der Waals surface area (Å²) >= 11 is 6.99. The van der Waals surface area contributed by atoms with Gasteiger partial charge >= 0.3 is 0 Å². The van der Waals surface area contributed by atoms with E-state index in [4.69, 9.17) is 16.1 Å². The van der Waals surface area contributed by atoms with Gasteiger partial charge in [0.05, 0.1) is 11.3 Å². The minimum atomic E-state index is -4.22. The Bertz CT molecular complexity index is 1420. The molecule has 0 bridgehead atoms. The lowest BCUT2D eigenvalue weighted by Gasteiger charge is -2.27. The number of sulfonamides is 1. The largest absolute Gasteiger partial charge is 0.341 e. The van der Waals surface area contributed by atoms with Crippen LogP contribution in [0, 0.1) is 26.2 Å². The fourth-order valence-electron chi connectivity index (χ4n) is 3.74. The number of nitrogens with one attached hydrogen (secondary N) is 2. The Morgan fingerprint density at radius 1 is 1.19 bits per heavy atom. The maximum atomic E-state index is 13.3. The van der Waals surface area contributed by atoms with E-state index >= 15 is 0 Å². The average molecular weight is 553 g/mol. The minimum Gasteiger partial charge on any atom is -0.341 e. The zero-order valence-corrected chi connectivity index (χ0v) is 23.5. The summed E-state index contributed by atoms with van der Waals surface area (Å²) in [4.78, 5) is 27.9. The molecule has 3 aromatic rings. The van der Waals surface area contributed by atoms with Crippen LogP contribution in [0.2, 0.25) is 5.02 Å². The number of carbonyl (C=O) groups excluding carboxylic acids is 2. The van der Waals surface area contributed by atoms with Crippen LogP contribution in [0.3, 0.4) is 0 Å². The van der Waals surface area contributed by atoms with Gasteiger partial charge in [0.2, 0.25) is 0 Å². The zero-order chi connectivity index (χ0) is 27.0.